The van der Waals surface area contributed by atoms with Gasteiger partial charge in [0.05, 0.1) is 0 Å². The first-order chi connectivity index (χ1) is 6.77. The van der Waals surface area contributed by atoms with Crippen LogP contribution in [0.5, 0.6) is 0 Å². The fraction of sp³-hybridized carbons (Fsp3) is 0.500. The fourth-order valence-corrected chi connectivity index (χ4v) is 2.82. The molecule has 14 heavy (non-hydrogen) atoms. The molecule has 0 aliphatic heterocycles. The topological polar surface area (TPSA) is 0 Å². The maximum atomic E-state index is 6.33. The van der Waals surface area contributed by atoms with Crippen molar-refractivity contribution in [2.45, 2.75) is 37.0 Å². The van der Waals surface area contributed by atoms with E-state index in [-0.39, 0.29) is 0 Å². The van der Waals surface area contributed by atoms with Crippen LogP contribution < -0.4 is 0 Å². The molecule has 0 nitrogen and oxygen atoms in total. The minimum absolute atomic E-state index is 0.294. The lowest BCUT2D eigenvalue weighted by molar-refractivity contribution is 0.450. The van der Waals surface area contributed by atoms with E-state index in [2.05, 4.69) is 6.07 Å². The van der Waals surface area contributed by atoms with Crippen molar-refractivity contribution in [1.82, 2.24) is 0 Å². The summed E-state index contributed by atoms with van der Waals surface area (Å²) in [5, 5.41) is 1.11. The summed E-state index contributed by atoms with van der Waals surface area (Å²) in [5.41, 5.74) is 1.30. The molecule has 2 atom stereocenters. The average Bonchev–Trinajstić information content (AvgIpc) is 2.18. The van der Waals surface area contributed by atoms with Gasteiger partial charge in [0.25, 0.3) is 0 Å². The molecule has 1 aliphatic rings. The molecule has 0 aromatic heterocycles. The number of hydrogen-bond acceptors (Lipinski definition) is 0. The van der Waals surface area contributed by atoms with Crippen LogP contribution in [0, 0.1) is 0 Å². The summed E-state index contributed by atoms with van der Waals surface area (Å²) in [7, 11) is 0. The maximum Gasteiger partial charge on any atom is 0.0408 e. The molecule has 0 heterocycles. The third-order valence-electron chi connectivity index (χ3n) is 2.96. The summed E-state index contributed by atoms with van der Waals surface area (Å²) in [6.45, 7) is 0. The molecule has 1 aliphatic carbocycles. The molecule has 1 fully saturated rings. The SMILES string of the molecule is Clc1cccc(C2CCCCC2Cl)c1. The van der Waals surface area contributed by atoms with E-state index in [1.807, 2.05) is 18.2 Å². The van der Waals surface area contributed by atoms with Gasteiger partial charge in [-0.3, -0.25) is 0 Å². The summed E-state index contributed by atoms with van der Waals surface area (Å²) in [6.07, 6.45) is 4.90. The molecule has 1 aromatic carbocycles. The van der Waals surface area contributed by atoms with Gasteiger partial charge in [-0.1, -0.05) is 36.6 Å². The van der Waals surface area contributed by atoms with E-state index in [0.29, 0.717) is 11.3 Å². The molecule has 76 valence electrons. The van der Waals surface area contributed by atoms with Gasteiger partial charge in [-0.25, -0.2) is 0 Å². The summed E-state index contributed by atoms with van der Waals surface area (Å²) in [6, 6.07) is 8.11. The summed E-state index contributed by atoms with van der Waals surface area (Å²) in [4.78, 5) is 0. The standard InChI is InChI=1S/C12H14Cl2/c13-10-5-3-4-9(8-10)11-6-1-2-7-12(11)14/h3-5,8,11-12H,1-2,6-7H2. The number of halogens is 2. The lowest BCUT2D eigenvalue weighted by atomic mass is 9.84. The van der Waals surface area contributed by atoms with E-state index in [0.717, 1.165) is 11.4 Å². The van der Waals surface area contributed by atoms with Crippen molar-refractivity contribution in [3.8, 4) is 0 Å². The van der Waals surface area contributed by atoms with Gasteiger partial charge in [0.1, 0.15) is 0 Å². The van der Waals surface area contributed by atoms with Crippen molar-refractivity contribution in [1.29, 1.82) is 0 Å². The van der Waals surface area contributed by atoms with Crippen molar-refractivity contribution in [2.75, 3.05) is 0 Å². The molecular formula is C12H14Cl2. The van der Waals surface area contributed by atoms with Crippen LogP contribution >= 0.6 is 23.2 Å². The highest BCUT2D eigenvalue weighted by Crippen LogP contribution is 2.36. The molecule has 2 unspecified atom stereocenters. The minimum atomic E-state index is 0.294. The van der Waals surface area contributed by atoms with Crippen molar-refractivity contribution in [2.24, 2.45) is 0 Å². The second kappa shape index (κ2) is 4.55. The van der Waals surface area contributed by atoms with Crippen LogP contribution in [0.4, 0.5) is 0 Å². The Morgan fingerprint density at radius 1 is 1.14 bits per heavy atom. The molecular weight excluding hydrogens is 215 g/mol. The lowest BCUT2D eigenvalue weighted by Crippen LogP contribution is -2.17. The van der Waals surface area contributed by atoms with Crippen LogP contribution in [-0.2, 0) is 0 Å². The van der Waals surface area contributed by atoms with Gasteiger partial charge in [0.15, 0.2) is 0 Å². The fourth-order valence-electron chi connectivity index (χ4n) is 2.20. The van der Waals surface area contributed by atoms with Crippen LogP contribution in [0.3, 0.4) is 0 Å². The van der Waals surface area contributed by atoms with E-state index in [1.165, 1.54) is 24.8 Å². The first-order valence-corrected chi connectivity index (χ1v) is 5.98. The first kappa shape index (κ1) is 10.3. The maximum absolute atomic E-state index is 6.33. The molecule has 0 bridgehead atoms. The highest BCUT2D eigenvalue weighted by atomic mass is 35.5. The molecule has 2 rings (SSSR count). The Bertz CT molecular complexity index is 309. The van der Waals surface area contributed by atoms with Gasteiger partial charge in [-0.15, -0.1) is 11.6 Å². The third-order valence-corrected chi connectivity index (χ3v) is 3.72. The van der Waals surface area contributed by atoms with Crippen LogP contribution in [0.2, 0.25) is 5.02 Å². The first-order valence-electron chi connectivity index (χ1n) is 5.17. The zero-order valence-electron chi connectivity index (χ0n) is 8.05. The second-order valence-corrected chi connectivity index (χ2v) is 4.96. The van der Waals surface area contributed by atoms with Gasteiger partial charge in [-0.05, 0) is 30.5 Å². The van der Waals surface area contributed by atoms with Crippen LogP contribution in [0.25, 0.3) is 0 Å². The number of alkyl halides is 1. The zero-order valence-corrected chi connectivity index (χ0v) is 9.56. The second-order valence-electron chi connectivity index (χ2n) is 3.96. The van der Waals surface area contributed by atoms with E-state index in [1.54, 1.807) is 0 Å². The van der Waals surface area contributed by atoms with Gasteiger partial charge < -0.3 is 0 Å². The Balaban J connectivity index is 2.20. The Morgan fingerprint density at radius 3 is 2.64 bits per heavy atom. The van der Waals surface area contributed by atoms with Crippen LogP contribution in [0.1, 0.15) is 37.2 Å². The van der Waals surface area contributed by atoms with Crippen molar-refractivity contribution in [3.05, 3.63) is 34.9 Å². The van der Waals surface area contributed by atoms with E-state index >= 15 is 0 Å². The molecule has 1 aromatic rings. The Kier molecular flexibility index (Phi) is 3.35. The molecule has 0 N–H and O–H groups in total. The van der Waals surface area contributed by atoms with E-state index in [4.69, 9.17) is 23.2 Å². The average molecular weight is 229 g/mol. The van der Waals surface area contributed by atoms with Gasteiger partial charge in [-0.2, -0.15) is 0 Å². The number of benzene rings is 1. The lowest BCUT2D eigenvalue weighted by Gasteiger charge is -2.27. The smallest absolute Gasteiger partial charge is 0.0408 e. The Hall–Kier alpha value is -0.200. The van der Waals surface area contributed by atoms with Crippen molar-refractivity contribution >= 4 is 23.2 Å². The summed E-state index contributed by atoms with van der Waals surface area (Å²) in [5.74, 6) is 0.504. The normalized spacial score (nSPS) is 27.6. The van der Waals surface area contributed by atoms with Gasteiger partial charge >= 0.3 is 0 Å². The minimum Gasteiger partial charge on any atom is -0.122 e. The predicted octanol–water partition coefficient (Wildman–Crippen LogP) is 4.61. The quantitative estimate of drug-likeness (QED) is 0.617. The zero-order chi connectivity index (χ0) is 9.97. The number of hydrogen-bond donors (Lipinski definition) is 0. The van der Waals surface area contributed by atoms with Gasteiger partial charge in [0.2, 0.25) is 0 Å². The summed E-state index contributed by atoms with van der Waals surface area (Å²) < 4.78 is 0. The largest absolute Gasteiger partial charge is 0.122 e. The van der Waals surface area contributed by atoms with Crippen LogP contribution in [0.15, 0.2) is 24.3 Å². The van der Waals surface area contributed by atoms with E-state index in [9.17, 15) is 0 Å². The van der Waals surface area contributed by atoms with Crippen molar-refractivity contribution < 1.29 is 0 Å². The molecule has 2 heteroatoms. The summed E-state index contributed by atoms with van der Waals surface area (Å²) >= 11 is 12.3. The molecule has 0 radical (unpaired) electrons. The predicted molar refractivity (Wildman–Crippen MR) is 62.3 cm³/mol. The molecule has 0 saturated heterocycles. The third kappa shape index (κ3) is 2.24. The molecule has 1 saturated carbocycles. The Morgan fingerprint density at radius 2 is 1.93 bits per heavy atom. The Labute approximate surface area is 95.2 Å². The monoisotopic (exact) mass is 228 g/mol. The molecule has 0 spiro atoms. The molecule has 0 amide bonds. The van der Waals surface area contributed by atoms with Crippen molar-refractivity contribution in [3.63, 3.8) is 0 Å². The number of rotatable bonds is 1. The highest BCUT2D eigenvalue weighted by Gasteiger charge is 2.24. The highest BCUT2D eigenvalue weighted by molar-refractivity contribution is 6.30. The van der Waals surface area contributed by atoms with Gasteiger partial charge in [0, 0.05) is 16.3 Å². The van der Waals surface area contributed by atoms with Crippen LogP contribution in [-0.4, -0.2) is 5.38 Å². The van der Waals surface area contributed by atoms with E-state index < -0.39 is 0 Å².